The number of hydrogen-bond donors (Lipinski definition) is 2. The average Bonchev–Trinajstić information content (AvgIpc) is 2.99. The molecule has 0 saturated carbocycles. The predicted octanol–water partition coefficient (Wildman–Crippen LogP) is 3.05. The van der Waals surface area contributed by atoms with Crippen LogP contribution in [0.4, 0.5) is 0 Å². The molecule has 2 N–H and O–H groups in total. The molecule has 0 aromatic carbocycles. The number of rotatable bonds is 10. The van der Waals surface area contributed by atoms with Gasteiger partial charge in [0.25, 0.3) is 0 Å². The van der Waals surface area contributed by atoms with Crippen molar-refractivity contribution < 1.29 is 0 Å². The minimum Gasteiger partial charge on any atom is -0.357 e. The Bertz CT molecular complexity index is 456. The number of aromatic nitrogens is 1. The van der Waals surface area contributed by atoms with E-state index in [-0.39, 0.29) is 0 Å². The van der Waals surface area contributed by atoms with Gasteiger partial charge in [-0.05, 0) is 32.9 Å². The van der Waals surface area contributed by atoms with Gasteiger partial charge in [-0.2, -0.15) is 0 Å². The van der Waals surface area contributed by atoms with Gasteiger partial charge in [0.2, 0.25) is 0 Å². The Morgan fingerprint density at radius 1 is 1.30 bits per heavy atom. The smallest absolute Gasteiger partial charge is 0.191 e. The number of nitrogens with one attached hydrogen (secondary N) is 2. The fourth-order valence-electron chi connectivity index (χ4n) is 2.06. The fourth-order valence-corrected chi connectivity index (χ4v) is 2.94. The van der Waals surface area contributed by atoms with Gasteiger partial charge < -0.3 is 15.5 Å². The maximum atomic E-state index is 4.64. The Kier molecular flexibility index (Phi) is 9.87. The largest absolute Gasteiger partial charge is 0.357 e. The van der Waals surface area contributed by atoms with E-state index in [4.69, 9.17) is 0 Å². The normalized spacial score (nSPS) is 12.2. The van der Waals surface area contributed by atoms with Crippen molar-refractivity contribution in [1.29, 1.82) is 0 Å². The van der Waals surface area contributed by atoms with E-state index >= 15 is 0 Å². The van der Waals surface area contributed by atoms with Crippen LogP contribution in [0.25, 0.3) is 0 Å². The van der Waals surface area contributed by atoms with Crippen LogP contribution < -0.4 is 10.6 Å². The quantitative estimate of drug-likeness (QED) is 0.508. The van der Waals surface area contributed by atoms with Crippen LogP contribution >= 0.6 is 11.3 Å². The first kappa shape index (κ1) is 19.9. The average molecular weight is 340 g/mol. The number of nitrogens with zero attached hydrogens (tertiary/aromatic N) is 3. The highest BCUT2D eigenvalue weighted by molar-refractivity contribution is 7.09. The summed E-state index contributed by atoms with van der Waals surface area (Å²) in [6.07, 6.45) is 2.50. The zero-order valence-corrected chi connectivity index (χ0v) is 16.2. The van der Waals surface area contributed by atoms with Crippen molar-refractivity contribution in [3.8, 4) is 0 Å². The van der Waals surface area contributed by atoms with E-state index in [0.717, 1.165) is 42.8 Å². The minimum atomic E-state index is 0.481. The molecule has 0 spiro atoms. The Balaban J connectivity index is 2.43. The van der Waals surface area contributed by atoms with E-state index in [1.807, 2.05) is 0 Å². The Morgan fingerprint density at radius 3 is 2.70 bits per heavy atom. The molecule has 0 aliphatic heterocycles. The molecule has 6 heteroatoms. The van der Waals surface area contributed by atoms with Crippen LogP contribution in [0.1, 0.15) is 57.2 Å². The van der Waals surface area contributed by atoms with Crippen LogP contribution in [-0.2, 0) is 6.54 Å². The summed E-state index contributed by atoms with van der Waals surface area (Å²) in [5.41, 5.74) is 1.16. The van der Waals surface area contributed by atoms with Crippen molar-refractivity contribution in [3.63, 3.8) is 0 Å². The second-order valence-corrected chi connectivity index (χ2v) is 7.04. The first-order valence-electron chi connectivity index (χ1n) is 8.71. The van der Waals surface area contributed by atoms with E-state index < -0.39 is 0 Å². The molecule has 132 valence electrons. The first-order valence-corrected chi connectivity index (χ1v) is 9.59. The molecule has 23 heavy (non-hydrogen) atoms. The molecule has 0 radical (unpaired) electrons. The molecule has 0 aliphatic rings. The van der Waals surface area contributed by atoms with E-state index in [0.29, 0.717) is 12.5 Å². The summed E-state index contributed by atoms with van der Waals surface area (Å²) in [5.74, 6) is 1.35. The van der Waals surface area contributed by atoms with Gasteiger partial charge in [-0.3, -0.25) is 0 Å². The second kappa shape index (κ2) is 11.4. The number of unbranched alkanes of at least 4 members (excludes halogenated alkanes) is 1. The number of guanidine groups is 1. The number of aliphatic imine (C=N–C) groups is 1. The zero-order valence-electron chi connectivity index (χ0n) is 15.4. The summed E-state index contributed by atoms with van der Waals surface area (Å²) in [6, 6.07) is 0. The van der Waals surface area contributed by atoms with Gasteiger partial charge in [-0.25, -0.2) is 9.98 Å². The molecule has 0 aliphatic carbocycles. The van der Waals surface area contributed by atoms with Crippen molar-refractivity contribution in [3.05, 3.63) is 16.1 Å². The van der Waals surface area contributed by atoms with Gasteiger partial charge in [0.15, 0.2) is 5.96 Å². The molecule has 1 heterocycles. The highest BCUT2D eigenvalue weighted by Gasteiger charge is 2.06. The first-order chi connectivity index (χ1) is 11.1. The Hall–Kier alpha value is -1.14. The molecule has 1 rings (SSSR count). The summed E-state index contributed by atoms with van der Waals surface area (Å²) < 4.78 is 0. The molecular formula is C17H33N5S. The second-order valence-electron chi connectivity index (χ2n) is 6.10. The molecule has 5 nitrogen and oxygen atoms in total. The third kappa shape index (κ3) is 8.32. The maximum absolute atomic E-state index is 4.64. The van der Waals surface area contributed by atoms with Gasteiger partial charge in [-0.1, -0.05) is 27.2 Å². The van der Waals surface area contributed by atoms with Crippen LogP contribution in [0, 0.1) is 0 Å². The number of likely N-dealkylation sites (N-methyl/N-ethyl adjacent to an activating group) is 1. The Labute approximate surface area is 145 Å². The van der Waals surface area contributed by atoms with E-state index in [1.54, 1.807) is 11.3 Å². The van der Waals surface area contributed by atoms with Crippen LogP contribution in [0.15, 0.2) is 10.4 Å². The highest BCUT2D eigenvalue weighted by atomic mass is 32.1. The summed E-state index contributed by atoms with van der Waals surface area (Å²) in [7, 11) is 2.17. The minimum absolute atomic E-state index is 0.481. The van der Waals surface area contributed by atoms with Gasteiger partial charge >= 0.3 is 0 Å². The number of thiazole rings is 1. The van der Waals surface area contributed by atoms with Crippen molar-refractivity contribution in [2.24, 2.45) is 4.99 Å². The lowest BCUT2D eigenvalue weighted by Crippen LogP contribution is -2.41. The Morgan fingerprint density at radius 2 is 2.09 bits per heavy atom. The monoisotopic (exact) mass is 339 g/mol. The van der Waals surface area contributed by atoms with Crippen LogP contribution in [0.3, 0.4) is 0 Å². The van der Waals surface area contributed by atoms with Crippen LogP contribution in [-0.4, -0.2) is 49.1 Å². The maximum Gasteiger partial charge on any atom is 0.191 e. The fraction of sp³-hybridized carbons (Fsp3) is 0.765. The van der Waals surface area contributed by atoms with Gasteiger partial charge in [0.1, 0.15) is 5.01 Å². The topological polar surface area (TPSA) is 52.5 Å². The lowest BCUT2D eigenvalue weighted by atomic mass is 10.2. The highest BCUT2D eigenvalue weighted by Crippen LogP contribution is 2.18. The van der Waals surface area contributed by atoms with E-state index in [2.05, 4.69) is 65.6 Å². The molecule has 0 atom stereocenters. The van der Waals surface area contributed by atoms with E-state index in [1.165, 1.54) is 12.8 Å². The SMILES string of the molecule is CCCCN(C)CCNC(=NCc1nc(C(C)C)cs1)NCC. The third-order valence-corrected chi connectivity index (χ3v) is 4.41. The van der Waals surface area contributed by atoms with Crippen molar-refractivity contribution in [2.75, 3.05) is 33.2 Å². The lowest BCUT2D eigenvalue weighted by molar-refractivity contribution is 0.332. The van der Waals surface area contributed by atoms with Crippen molar-refractivity contribution in [2.45, 2.75) is 53.0 Å². The zero-order chi connectivity index (χ0) is 17.1. The van der Waals surface area contributed by atoms with E-state index in [9.17, 15) is 0 Å². The van der Waals surface area contributed by atoms with Crippen molar-refractivity contribution >= 4 is 17.3 Å². The van der Waals surface area contributed by atoms with Gasteiger partial charge in [-0.15, -0.1) is 11.3 Å². The van der Waals surface area contributed by atoms with Gasteiger partial charge in [0.05, 0.1) is 12.2 Å². The molecule has 0 fully saturated rings. The summed E-state index contributed by atoms with van der Waals surface area (Å²) in [4.78, 5) is 11.6. The van der Waals surface area contributed by atoms with Crippen molar-refractivity contribution in [1.82, 2.24) is 20.5 Å². The van der Waals surface area contributed by atoms with Crippen LogP contribution in [0.2, 0.25) is 0 Å². The molecule has 0 bridgehead atoms. The summed E-state index contributed by atoms with van der Waals surface area (Å²) in [5, 5.41) is 9.91. The molecule has 0 saturated heterocycles. The number of hydrogen-bond acceptors (Lipinski definition) is 4. The standard InChI is InChI=1S/C17H33N5S/c1-6-8-10-22(5)11-9-19-17(18-7-2)20-12-16-21-15(13-23-16)14(3)4/h13-14H,6-12H2,1-5H3,(H2,18,19,20). The molecule has 1 aromatic rings. The summed E-state index contributed by atoms with van der Waals surface area (Å²) >= 11 is 1.69. The predicted molar refractivity (Wildman–Crippen MR) is 101 cm³/mol. The molecule has 1 aromatic heterocycles. The molecular weight excluding hydrogens is 306 g/mol. The third-order valence-electron chi connectivity index (χ3n) is 3.56. The summed E-state index contributed by atoms with van der Waals surface area (Å²) in [6.45, 7) is 13.2. The van der Waals surface area contributed by atoms with Crippen LogP contribution in [0.5, 0.6) is 0 Å². The molecule has 0 amide bonds. The molecule has 0 unspecified atom stereocenters. The van der Waals surface area contributed by atoms with Gasteiger partial charge in [0, 0.05) is 25.0 Å². The lowest BCUT2D eigenvalue weighted by Gasteiger charge is -2.17.